The van der Waals surface area contributed by atoms with Gasteiger partial charge in [-0.05, 0) is 106 Å². The molecule has 11 aromatic carbocycles. The van der Waals surface area contributed by atoms with E-state index in [4.69, 9.17) is 4.42 Å². The van der Waals surface area contributed by atoms with E-state index in [1.165, 1.54) is 102 Å². The molecule has 0 radical (unpaired) electrons. The highest BCUT2D eigenvalue weighted by Crippen LogP contribution is 2.49. The summed E-state index contributed by atoms with van der Waals surface area (Å²) in [4.78, 5) is 0. The number of thiophene rings is 1. The van der Waals surface area contributed by atoms with Crippen molar-refractivity contribution in [3.63, 3.8) is 0 Å². The summed E-state index contributed by atoms with van der Waals surface area (Å²) < 4.78 is 9.49. The Morgan fingerprint density at radius 1 is 0.276 bits per heavy atom. The van der Waals surface area contributed by atoms with E-state index in [1.54, 1.807) is 0 Å². The maximum atomic E-state index is 6.95. The van der Waals surface area contributed by atoms with Crippen molar-refractivity contribution in [2.75, 3.05) is 0 Å². The van der Waals surface area contributed by atoms with Crippen LogP contribution in [0, 0.1) is 0 Å². The maximum absolute atomic E-state index is 6.95. The fourth-order valence-corrected chi connectivity index (χ4v) is 11.1. The van der Waals surface area contributed by atoms with Gasteiger partial charge in [0.25, 0.3) is 0 Å². The fraction of sp³-hybridized carbons (Fsp3) is 0. The van der Waals surface area contributed by atoms with Crippen LogP contribution in [0.25, 0.3) is 129 Å². The number of benzene rings is 11. The molecule has 0 saturated carbocycles. The smallest absolute Gasteiger partial charge is 0.144 e. The van der Waals surface area contributed by atoms with Gasteiger partial charge >= 0.3 is 0 Å². The van der Waals surface area contributed by atoms with E-state index in [0.717, 1.165) is 27.3 Å². The zero-order valence-electron chi connectivity index (χ0n) is 31.3. The minimum Gasteiger partial charge on any atom is -0.455 e. The zero-order valence-corrected chi connectivity index (χ0v) is 32.1. The summed E-state index contributed by atoms with van der Waals surface area (Å²) in [5.74, 6) is 0. The van der Waals surface area contributed by atoms with E-state index in [-0.39, 0.29) is 0 Å². The van der Waals surface area contributed by atoms with Gasteiger partial charge in [-0.25, -0.2) is 0 Å². The highest BCUT2D eigenvalue weighted by Gasteiger charge is 2.22. The predicted octanol–water partition coefficient (Wildman–Crippen LogP) is 16.7. The summed E-state index contributed by atoms with van der Waals surface area (Å²) in [6.07, 6.45) is 0. The quantitative estimate of drug-likeness (QED) is 0.164. The Hall–Kier alpha value is -7.26. The second-order valence-corrected chi connectivity index (χ2v) is 16.5. The van der Waals surface area contributed by atoms with Crippen molar-refractivity contribution in [1.82, 2.24) is 0 Å². The average Bonchev–Trinajstić information content (AvgIpc) is 3.86. The van der Waals surface area contributed by atoms with E-state index in [2.05, 4.69) is 194 Å². The van der Waals surface area contributed by atoms with Crippen molar-refractivity contribution in [3.05, 3.63) is 194 Å². The van der Waals surface area contributed by atoms with Gasteiger partial charge in [-0.15, -0.1) is 11.3 Å². The van der Waals surface area contributed by atoms with E-state index < -0.39 is 0 Å². The molecule has 0 unspecified atom stereocenters. The van der Waals surface area contributed by atoms with Crippen molar-refractivity contribution in [2.45, 2.75) is 0 Å². The summed E-state index contributed by atoms with van der Waals surface area (Å²) in [5, 5.41) is 17.1. The summed E-state index contributed by atoms with van der Waals surface area (Å²) in [6, 6.07) is 71.5. The van der Waals surface area contributed by atoms with Gasteiger partial charge in [-0.2, -0.15) is 0 Å². The molecule has 13 aromatic rings. The molecule has 0 spiro atoms. The van der Waals surface area contributed by atoms with Gasteiger partial charge in [0.1, 0.15) is 11.2 Å². The largest absolute Gasteiger partial charge is 0.455 e. The van der Waals surface area contributed by atoms with Crippen LogP contribution in [0.2, 0.25) is 0 Å². The number of hydrogen-bond donors (Lipinski definition) is 0. The molecule has 0 aliphatic rings. The van der Waals surface area contributed by atoms with Gasteiger partial charge in [0, 0.05) is 36.3 Å². The van der Waals surface area contributed by atoms with Crippen molar-refractivity contribution in [2.24, 2.45) is 0 Å². The Bertz CT molecular complexity index is 3800. The molecule has 2 aromatic heterocycles. The van der Waals surface area contributed by atoms with Crippen LogP contribution in [0.4, 0.5) is 0 Å². The molecular formula is C56H32OS. The molecule has 0 aliphatic heterocycles. The van der Waals surface area contributed by atoms with E-state index in [9.17, 15) is 0 Å². The third kappa shape index (κ3) is 4.41. The molecule has 0 aliphatic carbocycles. The highest BCUT2D eigenvalue weighted by molar-refractivity contribution is 7.26. The second-order valence-electron chi connectivity index (χ2n) is 15.4. The first-order chi connectivity index (χ1) is 28.8. The van der Waals surface area contributed by atoms with Crippen LogP contribution in [0.5, 0.6) is 0 Å². The van der Waals surface area contributed by atoms with Gasteiger partial charge in [-0.1, -0.05) is 170 Å². The molecule has 2 heterocycles. The normalized spacial score (nSPS) is 12.1. The Morgan fingerprint density at radius 2 is 0.759 bits per heavy atom. The molecule has 0 saturated heterocycles. The number of fused-ring (bicyclic) bond motifs is 13. The minimum absolute atomic E-state index is 0.947. The van der Waals surface area contributed by atoms with Crippen molar-refractivity contribution in [1.29, 1.82) is 0 Å². The lowest BCUT2D eigenvalue weighted by Crippen LogP contribution is -1.93. The Kier molecular flexibility index (Phi) is 6.66. The van der Waals surface area contributed by atoms with Crippen molar-refractivity contribution >= 4 is 107 Å². The minimum atomic E-state index is 0.947. The summed E-state index contributed by atoms with van der Waals surface area (Å²) >= 11 is 1.83. The molecular weight excluding hydrogens is 721 g/mol. The maximum Gasteiger partial charge on any atom is 0.144 e. The van der Waals surface area contributed by atoms with Crippen LogP contribution in [-0.4, -0.2) is 0 Å². The van der Waals surface area contributed by atoms with Crippen LogP contribution in [-0.2, 0) is 0 Å². The van der Waals surface area contributed by atoms with Crippen LogP contribution < -0.4 is 0 Å². The average molecular weight is 753 g/mol. The third-order valence-electron chi connectivity index (χ3n) is 12.5. The standard InChI is InChI=1S/C56H32OS/c1-2-16-34-33(14-1)15-13-26-39(34)52-40-20-6-8-22-42(40)53(43-23-9-7-21-41(43)52)44-29-28-38(35-17-3-4-18-36(35)44)48-32-49-46-30-31-51-54(47-25-11-12-27-50(47)58-51)56(46)57-55(49)45-24-10-5-19-37(45)48/h1-32H. The van der Waals surface area contributed by atoms with Crippen LogP contribution in [0.1, 0.15) is 0 Å². The lowest BCUT2D eigenvalue weighted by atomic mass is 9.82. The molecule has 268 valence electrons. The summed E-state index contributed by atoms with van der Waals surface area (Å²) in [5.41, 5.74) is 9.40. The number of furan rings is 1. The first-order valence-electron chi connectivity index (χ1n) is 19.9. The second kappa shape index (κ2) is 12.1. The topological polar surface area (TPSA) is 13.1 Å². The van der Waals surface area contributed by atoms with E-state index in [1.807, 2.05) is 11.3 Å². The molecule has 0 atom stereocenters. The van der Waals surface area contributed by atoms with Crippen LogP contribution in [0.3, 0.4) is 0 Å². The van der Waals surface area contributed by atoms with Crippen molar-refractivity contribution < 1.29 is 4.42 Å². The Morgan fingerprint density at radius 3 is 1.45 bits per heavy atom. The predicted molar refractivity (Wildman–Crippen MR) is 250 cm³/mol. The molecule has 58 heavy (non-hydrogen) atoms. The third-order valence-corrected chi connectivity index (χ3v) is 13.6. The van der Waals surface area contributed by atoms with E-state index >= 15 is 0 Å². The lowest BCUT2D eigenvalue weighted by molar-refractivity contribution is 0.677. The zero-order chi connectivity index (χ0) is 37.9. The van der Waals surface area contributed by atoms with Gasteiger partial charge < -0.3 is 4.42 Å². The van der Waals surface area contributed by atoms with Crippen LogP contribution >= 0.6 is 11.3 Å². The lowest BCUT2D eigenvalue weighted by Gasteiger charge is -2.20. The summed E-state index contributed by atoms with van der Waals surface area (Å²) in [6.45, 7) is 0. The Labute approximate surface area is 337 Å². The van der Waals surface area contributed by atoms with Gasteiger partial charge in [0.15, 0.2) is 0 Å². The molecule has 0 amide bonds. The van der Waals surface area contributed by atoms with Crippen molar-refractivity contribution in [3.8, 4) is 33.4 Å². The molecule has 2 heteroatoms. The number of rotatable bonds is 3. The molecule has 0 bridgehead atoms. The highest BCUT2D eigenvalue weighted by atomic mass is 32.1. The number of hydrogen-bond acceptors (Lipinski definition) is 2. The van der Waals surface area contributed by atoms with Crippen LogP contribution in [0.15, 0.2) is 199 Å². The first kappa shape index (κ1) is 31.9. The summed E-state index contributed by atoms with van der Waals surface area (Å²) in [7, 11) is 0. The first-order valence-corrected chi connectivity index (χ1v) is 20.7. The Balaban J connectivity index is 1.10. The van der Waals surface area contributed by atoms with E-state index in [0.29, 0.717) is 0 Å². The fourth-order valence-electron chi connectivity index (χ4n) is 9.99. The molecule has 1 nitrogen and oxygen atoms in total. The molecule has 0 fully saturated rings. The van der Waals surface area contributed by atoms with Gasteiger partial charge in [0.05, 0.1) is 0 Å². The van der Waals surface area contributed by atoms with Gasteiger partial charge in [0.2, 0.25) is 0 Å². The SMILES string of the molecule is c1ccc2c(-c3c4ccccc4c(-c4ccc(-c5cc6c7ccc8sc9ccccc9c8c7oc6c6ccccc56)c5ccccc45)c4ccccc34)cccc2c1. The monoisotopic (exact) mass is 752 g/mol. The molecule has 0 N–H and O–H groups in total. The van der Waals surface area contributed by atoms with Gasteiger partial charge in [-0.3, -0.25) is 0 Å². The molecule has 13 rings (SSSR count).